The van der Waals surface area contributed by atoms with Crippen molar-refractivity contribution >= 4 is 12.3 Å². The van der Waals surface area contributed by atoms with Crippen molar-refractivity contribution < 1.29 is 9.21 Å². The van der Waals surface area contributed by atoms with Crippen molar-refractivity contribution in [1.82, 2.24) is 4.98 Å². The molecular formula is C7H10N2O2. The van der Waals surface area contributed by atoms with E-state index in [1.807, 2.05) is 14.1 Å². The molecule has 1 aromatic rings. The topological polar surface area (TPSA) is 46.3 Å². The van der Waals surface area contributed by atoms with E-state index in [4.69, 9.17) is 4.42 Å². The molecule has 0 spiro atoms. The molecule has 0 aromatic carbocycles. The summed E-state index contributed by atoms with van der Waals surface area (Å²) in [4.78, 5) is 15.7. The largest absolute Gasteiger partial charge is 0.428 e. The summed E-state index contributed by atoms with van der Waals surface area (Å²) in [7, 11) is 3.66. The van der Waals surface area contributed by atoms with Gasteiger partial charge in [-0.25, -0.2) is 4.98 Å². The van der Waals surface area contributed by atoms with Crippen molar-refractivity contribution in [3.63, 3.8) is 0 Å². The lowest BCUT2D eigenvalue weighted by Crippen LogP contribution is -2.08. The first-order chi connectivity index (χ1) is 5.24. The molecule has 0 aliphatic carbocycles. The van der Waals surface area contributed by atoms with E-state index in [-0.39, 0.29) is 0 Å². The van der Waals surface area contributed by atoms with Gasteiger partial charge >= 0.3 is 0 Å². The van der Waals surface area contributed by atoms with Crippen LogP contribution in [0.1, 0.15) is 5.76 Å². The molecule has 0 aliphatic rings. The van der Waals surface area contributed by atoms with Crippen LogP contribution in [-0.2, 0) is 11.2 Å². The van der Waals surface area contributed by atoms with Crippen molar-refractivity contribution in [2.45, 2.75) is 6.42 Å². The Bertz CT molecular complexity index is 242. The Labute approximate surface area is 64.8 Å². The molecule has 0 unspecified atom stereocenters. The average molecular weight is 154 g/mol. The molecule has 0 fully saturated rings. The van der Waals surface area contributed by atoms with Crippen LogP contribution < -0.4 is 4.90 Å². The summed E-state index contributed by atoms with van der Waals surface area (Å²) in [6, 6.07) is 0.529. The molecule has 4 heteroatoms. The van der Waals surface area contributed by atoms with Gasteiger partial charge in [0.2, 0.25) is 0 Å². The number of oxazole rings is 1. The van der Waals surface area contributed by atoms with Gasteiger partial charge in [-0.1, -0.05) is 0 Å². The summed E-state index contributed by atoms with van der Waals surface area (Å²) < 4.78 is 5.17. The van der Waals surface area contributed by atoms with Crippen molar-refractivity contribution in [1.29, 1.82) is 0 Å². The smallest absolute Gasteiger partial charge is 0.296 e. The van der Waals surface area contributed by atoms with Gasteiger partial charge in [0.25, 0.3) is 6.01 Å². The maximum absolute atomic E-state index is 10.1. The highest BCUT2D eigenvalue weighted by Crippen LogP contribution is 2.10. The SMILES string of the molecule is CN(C)c1ncc(CC=O)o1. The predicted molar refractivity (Wildman–Crippen MR) is 40.6 cm³/mol. The molecular weight excluding hydrogens is 144 g/mol. The Morgan fingerprint density at radius 3 is 2.91 bits per heavy atom. The van der Waals surface area contributed by atoms with Crippen LogP contribution in [0.3, 0.4) is 0 Å². The van der Waals surface area contributed by atoms with Crippen LogP contribution in [-0.4, -0.2) is 25.4 Å². The van der Waals surface area contributed by atoms with E-state index in [1.165, 1.54) is 0 Å². The summed E-state index contributed by atoms with van der Waals surface area (Å²) in [5.74, 6) is 0.601. The van der Waals surface area contributed by atoms with Gasteiger partial charge in [-0.2, -0.15) is 0 Å². The van der Waals surface area contributed by atoms with Gasteiger partial charge in [-0.3, -0.25) is 0 Å². The van der Waals surface area contributed by atoms with Crippen LogP contribution in [0.25, 0.3) is 0 Å². The molecule has 11 heavy (non-hydrogen) atoms. The number of carbonyl (C=O) groups excluding carboxylic acids is 1. The van der Waals surface area contributed by atoms with Gasteiger partial charge in [0, 0.05) is 14.1 Å². The molecule has 0 saturated carbocycles. The lowest BCUT2D eigenvalue weighted by Gasteiger charge is -2.03. The normalized spacial score (nSPS) is 9.64. The van der Waals surface area contributed by atoms with Crippen molar-refractivity contribution in [3.05, 3.63) is 12.0 Å². The maximum atomic E-state index is 10.1. The van der Waals surface area contributed by atoms with E-state index in [0.29, 0.717) is 18.2 Å². The van der Waals surface area contributed by atoms with Crippen LogP contribution in [0.15, 0.2) is 10.6 Å². The van der Waals surface area contributed by atoms with Gasteiger partial charge < -0.3 is 14.1 Å². The van der Waals surface area contributed by atoms with Gasteiger partial charge in [0.15, 0.2) is 0 Å². The number of nitrogens with zero attached hydrogens (tertiary/aromatic N) is 2. The summed E-state index contributed by atoms with van der Waals surface area (Å²) in [6.07, 6.45) is 2.64. The van der Waals surface area contributed by atoms with Gasteiger partial charge in [-0.05, 0) is 0 Å². The van der Waals surface area contributed by atoms with Crippen molar-refractivity contribution in [3.8, 4) is 0 Å². The number of rotatable bonds is 3. The number of aromatic nitrogens is 1. The average Bonchev–Trinajstić information content (AvgIpc) is 2.37. The first kappa shape index (κ1) is 7.78. The highest BCUT2D eigenvalue weighted by Gasteiger charge is 2.03. The Hall–Kier alpha value is -1.32. The molecule has 0 atom stereocenters. The van der Waals surface area contributed by atoms with Gasteiger partial charge in [-0.15, -0.1) is 0 Å². The molecule has 0 saturated heterocycles. The fraction of sp³-hybridized carbons (Fsp3) is 0.429. The molecule has 1 heterocycles. The van der Waals surface area contributed by atoms with Crippen LogP contribution in [0.2, 0.25) is 0 Å². The minimum absolute atomic E-state index is 0.292. The Balaban J connectivity index is 2.73. The molecule has 0 aliphatic heterocycles. The molecule has 0 radical (unpaired) electrons. The second-order valence-corrected chi connectivity index (χ2v) is 2.37. The fourth-order valence-electron chi connectivity index (χ4n) is 0.680. The molecule has 1 aromatic heterocycles. The van der Waals surface area contributed by atoms with Gasteiger partial charge in [0.05, 0.1) is 12.6 Å². The summed E-state index contributed by atoms with van der Waals surface area (Å²) in [5.41, 5.74) is 0. The van der Waals surface area contributed by atoms with E-state index in [9.17, 15) is 4.79 Å². The number of hydrogen-bond donors (Lipinski definition) is 0. The van der Waals surface area contributed by atoms with Crippen LogP contribution in [0.5, 0.6) is 0 Å². The zero-order chi connectivity index (χ0) is 8.27. The van der Waals surface area contributed by atoms with E-state index < -0.39 is 0 Å². The van der Waals surface area contributed by atoms with E-state index in [1.54, 1.807) is 11.1 Å². The molecule has 0 N–H and O–H groups in total. The molecule has 1 rings (SSSR count). The fourth-order valence-corrected chi connectivity index (χ4v) is 0.680. The zero-order valence-electron chi connectivity index (χ0n) is 6.57. The lowest BCUT2D eigenvalue weighted by atomic mass is 10.4. The minimum atomic E-state index is 0.292. The minimum Gasteiger partial charge on any atom is -0.428 e. The van der Waals surface area contributed by atoms with Crippen molar-refractivity contribution in [2.24, 2.45) is 0 Å². The summed E-state index contributed by atoms with van der Waals surface area (Å²) in [6.45, 7) is 0. The Morgan fingerprint density at radius 1 is 1.73 bits per heavy atom. The van der Waals surface area contributed by atoms with E-state index in [2.05, 4.69) is 4.98 Å². The third-order valence-corrected chi connectivity index (χ3v) is 1.21. The summed E-state index contributed by atoms with van der Waals surface area (Å²) in [5, 5.41) is 0. The Kier molecular flexibility index (Phi) is 2.25. The number of hydrogen-bond acceptors (Lipinski definition) is 4. The Morgan fingerprint density at radius 2 is 2.45 bits per heavy atom. The highest BCUT2D eigenvalue weighted by molar-refractivity contribution is 5.53. The quantitative estimate of drug-likeness (QED) is 0.594. The predicted octanol–water partition coefficient (Wildman–Crippen LogP) is 0.482. The molecule has 60 valence electrons. The third kappa shape index (κ3) is 1.80. The van der Waals surface area contributed by atoms with Crippen LogP contribution in [0, 0.1) is 0 Å². The number of anilines is 1. The lowest BCUT2D eigenvalue weighted by molar-refractivity contribution is -0.107. The monoisotopic (exact) mass is 154 g/mol. The van der Waals surface area contributed by atoms with Crippen molar-refractivity contribution in [2.75, 3.05) is 19.0 Å². The van der Waals surface area contributed by atoms with E-state index >= 15 is 0 Å². The third-order valence-electron chi connectivity index (χ3n) is 1.21. The first-order valence-corrected chi connectivity index (χ1v) is 3.29. The molecule has 0 bridgehead atoms. The maximum Gasteiger partial charge on any atom is 0.296 e. The second-order valence-electron chi connectivity index (χ2n) is 2.37. The van der Waals surface area contributed by atoms with Crippen LogP contribution in [0.4, 0.5) is 6.01 Å². The highest BCUT2D eigenvalue weighted by atomic mass is 16.4. The molecule has 4 nitrogen and oxygen atoms in total. The van der Waals surface area contributed by atoms with Crippen LogP contribution >= 0.6 is 0 Å². The zero-order valence-corrected chi connectivity index (χ0v) is 6.57. The summed E-state index contributed by atoms with van der Waals surface area (Å²) >= 11 is 0. The van der Waals surface area contributed by atoms with E-state index in [0.717, 1.165) is 6.29 Å². The van der Waals surface area contributed by atoms with Gasteiger partial charge in [0.1, 0.15) is 12.0 Å². The standard InChI is InChI=1S/C7H10N2O2/c1-9(2)7-8-5-6(11-7)3-4-10/h4-5H,3H2,1-2H3. The number of carbonyl (C=O) groups is 1. The first-order valence-electron chi connectivity index (χ1n) is 3.29. The number of aldehydes is 1. The molecule has 0 amide bonds. The second kappa shape index (κ2) is 3.18.